The zero-order valence-electron chi connectivity index (χ0n) is 13.3. The Kier molecular flexibility index (Phi) is 2.81. The molecule has 4 nitrogen and oxygen atoms in total. The van der Waals surface area contributed by atoms with Crippen molar-refractivity contribution in [2.45, 2.75) is 38.6 Å². The van der Waals surface area contributed by atoms with Crippen molar-refractivity contribution in [3.63, 3.8) is 0 Å². The Morgan fingerprint density at radius 3 is 2.70 bits per heavy atom. The molecule has 0 bridgehead atoms. The van der Waals surface area contributed by atoms with E-state index in [0.29, 0.717) is 12.8 Å². The van der Waals surface area contributed by atoms with Crippen molar-refractivity contribution in [1.82, 2.24) is 4.57 Å². The molecule has 4 heteroatoms. The average Bonchev–Trinajstić information content (AvgIpc) is 3.25. The molecule has 0 radical (unpaired) electrons. The summed E-state index contributed by atoms with van der Waals surface area (Å²) in [6, 6.07) is 8.85. The maximum absolute atomic E-state index is 5.57. The first-order valence-electron chi connectivity index (χ1n) is 8.49. The molecule has 5 rings (SSSR count). The highest BCUT2D eigenvalue weighted by molar-refractivity contribution is 6.18. The zero-order chi connectivity index (χ0) is 15.4. The smallest absolute Gasteiger partial charge is 0.231 e. The molecule has 0 atom stereocenters. The molecule has 2 aromatic rings. The second-order valence-corrected chi connectivity index (χ2v) is 6.88. The molecule has 3 heterocycles. The van der Waals surface area contributed by atoms with Gasteiger partial charge in [0.25, 0.3) is 0 Å². The highest BCUT2D eigenvalue weighted by Crippen LogP contribution is 2.41. The van der Waals surface area contributed by atoms with Crippen LogP contribution in [0.15, 0.2) is 35.5 Å². The van der Waals surface area contributed by atoms with E-state index in [2.05, 4.69) is 42.0 Å². The van der Waals surface area contributed by atoms with Gasteiger partial charge in [-0.15, -0.1) is 0 Å². The Morgan fingerprint density at radius 1 is 1.09 bits per heavy atom. The Bertz CT molecular complexity index is 798. The highest BCUT2D eigenvalue weighted by atomic mass is 16.7. The normalized spacial score (nSPS) is 26.4. The lowest BCUT2D eigenvalue weighted by Gasteiger charge is -2.23. The first-order chi connectivity index (χ1) is 11.3. The van der Waals surface area contributed by atoms with Crippen LogP contribution in [-0.4, -0.2) is 23.1 Å². The summed E-state index contributed by atoms with van der Waals surface area (Å²) in [6.45, 7) is 2.66. The standard InChI is InChI=1S/C19H20N2O2/c1-12-4-6-13(7-5-12)20-19-14-9-17-18(23-11-22-17)10-16(14)21-8-2-3-15(19)21/h2-3,8-10,12-13H,4-7,11H2,1H3. The molecular weight excluding hydrogens is 288 g/mol. The largest absolute Gasteiger partial charge is 0.454 e. The van der Waals surface area contributed by atoms with Crippen LogP contribution in [0.3, 0.4) is 0 Å². The quantitative estimate of drug-likeness (QED) is 0.682. The van der Waals surface area contributed by atoms with E-state index < -0.39 is 0 Å². The van der Waals surface area contributed by atoms with Gasteiger partial charge in [-0.1, -0.05) is 6.92 Å². The number of ether oxygens (including phenoxy) is 2. The van der Waals surface area contributed by atoms with E-state index in [1.807, 2.05) is 0 Å². The molecule has 1 aromatic heterocycles. The van der Waals surface area contributed by atoms with Gasteiger partial charge in [0.1, 0.15) is 0 Å². The number of fused-ring (bicyclic) bond motifs is 4. The lowest BCUT2D eigenvalue weighted by Crippen LogP contribution is -2.17. The SMILES string of the molecule is CC1CCC(N=C2c3cc4c(cc3-n3cccc32)OCO4)CC1. The van der Waals surface area contributed by atoms with E-state index >= 15 is 0 Å². The third-order valence-corrected chi connectivity index (χ3v) is 5.29. The maximum atomic E-state index is 5.57. The van der Waals surface area contributed by atoms with E-state index in [4.69, 9.17) is 14.5 Å². The highest BCUT2D eigenvalue weighted by Gasteiger charge is 2.29. The number of aliphatic imine (C=N–C) groups is 1. The summed E-state index contributed by atoms with van der Waals surface area (Å²) in [5, 5.41) is 0. The number of rotatable bonds is 1. The molecule has 0 amide bonds. The molecular formula is C19H20N2O2. The van der Waals surface area contributed by atoms with Gasteiger partial charge in [-0.25, -0.2) is 0 Å². The van der Waals surface area contributed by atoms with Crippen molar-refractivity contribution in [2.75, 3.05) is 6.79 Å². The molecule has 2 aliphatic heterocycles. The summed E-state index contributed by atoms with van der Waals surface area (Å²) < 4.78 is 13.3. The number of nitrogens with zero attached hydrogens (tertiary/aromatic N) is 2. The van der Waals surface area contributed by atoms with Gasteiger partial charge in [0.15, 0.2) is 11.5 Å². The molecule has 0 unspecified atom stereocenters. The minimum atomic E-state index is 0.309. The van der Waals surface area contributed by atoms with Crippen molar-refractivity contribution in [3.8, 4) is 17.2 Å². The zero-order valence-corrected chi connectivity index (χ0v) is 13.3. The maximum Gasteiger partial charge on any atom is 0.231 e. The lowest BCUT2D eigenvalue weighted by molar-refractivity contribution is 0.174. The van der Waals surface area contributed by atoms with Gasteiger partial charge in [0, 0.05) is 17.8 Å². The Balaban J connectivity index is 1.60. The monoisotopic (exact) mass is 308 g/mol. The van der Waals surface area contributed by atoms with Gasteiger partial charge in [-0.05, 0) is 49.8 Å². The summed E-state index contributed by atoms with van der Waals surface area (Å²) >= 11 is 0. The van der Waals surface area contributed by atoms with Crippen LogP contribution in [0.2, 0.25) is 0 Å². The van der Waals surface area contributed by atoms with E-state index in [-0.39, 0.29) is 0 Å². The average molecular weight is 308 g/mol. The van der Waals surface area contributed by atoms with Gasteiger partial charge in [0.2, 0.25) is 6.79 Å². The lowest BCUT2D eigenvalue weighted by atomic mass is 9.87. The summed E-state index contributed by atoms with van der Waals surface area (Å²) in [7, 11) is 0. The molecule has 1 aromatic carbocycles. The Hall–Kier alpha value is -2.23. The fourth-order valence-corrected chi connectivity index (χ4v) is 3.93. The van der Waals surface area contributed by atoms with Crippen LogP contribution in [0.5, 0.6) is 11.5 Å². The van der Waals surface area contributed by atoms with E-state index in [9.17, 15) is 0 Å². The fraction of sp³-hybridized carbons (Fsp3) is 0.421. The van der Waals surface area contributed by atoms with Crippen molar-refractivity contribution < 1.29 is 9.47 Å². The first-order valence-corrected chi connectivity index (χ1v) is 8.49. The van der Waals surface area contributed by atoms with Crippen LogP contribution in [0.1, 0.15) is 43.9 Å². The van der Waals surface area contributed by atoms with Crippen molar-refractivity contribution >= 4 is 5.71 Å². The van der Waals surface area contributed by atoms with Crippen molar-refractivity contribution in [3.05, 3.63) is 41.7 Å². The second-order valence-electron chi connectivity index (χ2n) is 6.88. The number of aromatic nitrogens is 1. The van der Waals surface area contributed by atoms with Crippen LogP contribution >= 0.6 is 0 Å². The predicted octanol–water partition coefficient (Wildman–Crippen LogP) is 3.94. The van der Waals surface area contributed by atoms with Gasteiger partial charge < -0.3 is 14.0 Å². The van der Waals surface area contributed by atoms with Crippen LogP contribution in [0.4, 0.5) is 0 Å². The molecule has 0 saturated heterocycles. The van der Waals surface area contributed by atoms with E-state index in [1.165, 1.54) is 36.9 Å². The number of hydrogen-bond acceptors (Lipinski definition) is 3. The molecule has 118 valence electrons. The van der Waals surface area contributed by atoms with Crippen LogP contribution < -0.4 is 9.47 Å². The minimum absolute atomic E-state index is 0.309. The van der Waals surface area contributed by atoms with Crippen LogP contribution in [0.25, 0.3) is 5.69 Å². The number of hydrogen-bond donors (Lipinski definition) is 0. The van der Waals surface area contributed by atoms with Gasteiger partial charge in [-0.2, -0.15) is 0 Å². The topological polar surface area (TPSA) is 35.8 Å². The Labute approximate surface area is 135 Å². The summed E-state index contributed by atoms with van der Waals surface area (Å²) in [6.07, 6.45) is 7.07. The summed E-state index contributed by atoms with van der Waals surface area (Å²) in [4.78, 5) is 5.15. The predicted molar refractivity (Wildman–Crippen MR) is 89.0 cm³/mol. The molecule has 1 fully saturated rings. The van der Waals surface area contributed by atoms with E-state index in [1.54, 1.807) is 0 Å². The van der Waals surface area contributed by atoms with Gasteiger partial charge in [-0.3, -0.25) is 4.99 Å². The molecule has 0 N–H and O–H groups in total. The number of benzene rings is 1. The molecule has 1 saturated carbocycles. The summed E-state index contributed by atoms with van der Waals surface area (Å²) in [5.41, 5.74) is 4.62. The minimum Gasteiger partial charge on any atom is -0.454 e. The second kappa shape index (κ2) is 4.88. The first kappa shape index (κ1) is 13.2. The molecule has 23 heavy (non-hydrogen) atoms. The van der Waals surface area contributed by atoms with Crippen LogP contribution in [0, 0.1) is 5.92 Å². The van der Waals surface area contributed by atoms with E-state index in [0.717, 1.165) is 28.8 Å². The molecule has 3 aliphatic rings. The van der Waals surface area contributed by atoms with Gasteiger partial charge in [0.05, 0.1) is 23.1 Å². The van der Waals surface area contributed by atoms with Crippen molar-refractivity contribution in [2.24, 2.45) is 10.9 Å². The van der Waals surface area contributed by atoms with Crippen molar-refractivity contribution in [1.29, 1.82) is 0 Å². The third kappa shape index (κ3) is 2.01. The molecule has 0 spiro atoms. The third-order valence-electron chi connectivity index (χ3n) is 5.29. The van der Waals surface area contributed by atoms with Crippen LogP contribution in [-0.2, 0) is 0 Å². The molecule has 1 aliphatic carbocycles. The van der Waals surface area contributed by atoms with Gasteiger partial charge >= 0.3 is 0 Å². The summed E-state index contributed by atoms with van der Waals surface area (Å²) in [5.74, 6) is 2.51. The Morgan fingerprint density at radius 2 is 1.87 bits per heavy atom. The fourth-order valence-electron chi connectivity index (χ4n) is 3.93.